The van der Waals surface area contributed by atoms with E-state index in [4.69, 9.17) is 11.5 Å². The maximum absolute atomic E-state index is 12.2. The minimum Gasteiger partial charge on any atom is -0.321 e. The number of unbranched alkanes of at least 4 members (excludes halogenated alkanes) is 2. The van der Waals surface area contributed by atoms with Crippen LogP contribution in [-0.4, -0.2) is 21.8 Å². The van der Waals surface area contributed by atoms with Crippen LogP contribution in [0.15, 0.2) is 12.3 Å². The predicted molar refractivity (Wildman–Crippen MR) is 84.6 cm³/mol. The Hall–Kier alpha value is -1.33. The van der Waals surface area contributed by atoms with Gasteiger partial charge in [-0.3, -0.25) is 4.79 Å². The van der Waals surface area contributed by atoms with Gasteiger partial charge in [0.15, 0.2) is 11.6 Å². The highest BCUT2D eigenvalue weighted by Crippen LogP contribution is 2.13. The Morgan fingerprint density at radius 3 is 2.62 bits per heavy atom. The Morgan fingerprint density at radius 1 is 1.29 bits per heavy atom. The average molecular weight is 292 g/mol. The van der Waals surface area contributed by atoms with E-state index in [1.165, 1.54) is 12.8 Å². The second kappa shape index (κ2) is 8.85. The van der Waals surface area contributed by atoms with Gasteiger partial charge in [0.05, 0.1) is 6.04 Å². The minimum absolute atomic E-state index is 0.186. The van der Waals surface area contributed by atoms with E-state index in [9.17, 15) is 4.79 Å². The van der Waals surface area contributed by atoms with Gasteiger partial charge in [-0.2, -0.15) is 0 Å². The fraction of sp³-hybridized carbons (Fsp3) is 0.688. The van der Waals surface area contributed by atoms with Gasteiger partial charge in [-0.05, 0) is 31.2 Å². The first-order valence-corrected chi connectivity index (χ1v) is 7.82. The number of rotatable bonds is 9. The number of aryl methyl sites for hydroxylation is 1. The zero-order valence-corrected chi connectivity index (χ0v) is 13.4. The molecule has 5 heteroatoms. The van der Waals surface area contributed by atoms with Gasteiger partial charge in [0.25, 0.3) is 0 Å². The quantitative estimate of drug-likeness (QED) is 0.680. The molecule has 4 N–H and O–H groups in total. The number of carbonyl (C=O) groups excluding carboxylic acids is 1. The molecule has 0 aliphatic heterocycles. The molecule has 0 amide bonds. The largest absolute Gasteiger partial charge is 0.321 e. The van der Waals surface area contributed by atoms with Gasteiger partial charge < -0.3 is 11.5 Å². The lowest BCUT2D eigenvalue weighted by molar-refractivity contribution is -0.122. The first-order chi connectivity index (χ1) is 9.95. The van der Waals surface area contributed by atoms with Gasteiger partial charge >= 0.3 is 0 Å². The van der Waals surface area contributed by atoms with Crippen molar-refractivity contribution in [2.75, 3.05) is 0 Å². The third-order valence-corrected chi connectivity index (χ3v) is 3.44. The Morgan fingerprint density at radius 2 is 2.00 bits per heavy atom. The predicted octanol–water partition coefficient (Wildman–Crippen LogP) is 2.15. The van der Waals surface area contributed by atoms with E-state index in [2.05, 4.69) is 16.9 Å². The molecule has 1 aromatic heterocycles. The Labute approximate surface area is 127 Å². The molecule has 0 radical (unpaired) electrons. The minimum atomic E-state index is -0.829. The van der Waals surface area contributed by atoms with Crippen molar-refractivity contribution in [2.45, 2.75) is 65.0 Å². The van der Waals surface area contributed by atoms with Crippen molar-refractivity contribution in [3.63, 3.8) is 0 Å². The van der Waals surface area contributed by atoms with Crippen LogP contribution in [0.1, 0.15) is 64.0 Å². The lowest BCUT2D eigenvalue weighted by Crippen LogP contribution is -2.39. The summed E-state index contributed by atoms with van der Waals surface area (Å²) in [4.78, 5) is 20.8. The number of nitrogens with zero attached hydrogens (tertiary/aromatic N) is 2. The van der Waals surface area contributed by atoms with Gasteiger partial charge in [0.1, 0.15) is 6.04 Å². The Balaban J connectivity index is 2.70. The fourth-order valence-corrected chi connectivity index (χ4v) is 2.24. The average Bonchev–Trinajstić information content (AvgIpc) is 2.45. The summed E-state index contributed by atoms with van der Waals surface area (Å²) in [6.45, 7) is 6.23. The van der Waals surface area contributed by atoms with E-state index >= 15 is 0 Å². The summed E-state index contributed by atoms with van der Waals surface area (Å²) >= 11 is 0. The van der Waals surface area contributed by atoms with Crippen LogP contribution >= 0.6 is 0 Å². The van der Waals surface area contributed by atoms with Crippen molar-refractivity contribution >= 4 is 5.78 Å². The number of aromatic nitrogens is 2. The number of Topliss-reactive ketones (excluding diaryl/α,β-unsaturated/α-hetero) is 1. The summed E-state index contributed by atoms with van der Waals surface area (Å²) < 4.78 is 0. The number of nitrogens with two attached hydrogens (primary N) is 2. The van der Waals surface area contributed by atoms with Crippen molar-refractivity contribution in [3.05, 3.63) is 23.8 Å². The van der Waals surface area contributed by atoms with E-state index in [0.717, 1.165) is 18.5 Å². The summed E-state index contributed by atoms with van der Waals surface area (Å²) in [7, 11) is 0. The first kappa shape index (κ1) is 17.7. The number of hydrogen-bond donors (Lipinski definition) is 2. The van der Waals surface area contributed by atoms with Crippen molar-refractivity contribution in [3.8, 4) is 0 Å². The molecule has 0 aliphatic rings. The molecule has 0 bridgehead atoms. The smallest absolute Gasteiger partial charge is 0.173 e. The molecule has 1 rings (SSSR count). The third kappa shape index (κ3) is 5.89. The molecule has 2 unspecified atom stereocenters. The van der Waals surface area contributed by atoms with Gasteiger partial charge in [-0.15, -0.1) is 0 Å². The van der Waals surface area contributed by atoms with Crippen LogP contribution in [0.25, 0.3) is 0 Å². The summed E-state index contributed by atoms with van der Waals surface area (Å²) in [5, 5.41) is 0. The number of hydrogen-bond acceptors (Lipinski definition) is 5. The van der Waals surface area contributed by atoms with E-state index < -0.39 is 12.1 Å². The number of carbonyl (C=O) groups is 1. The molecule has 1 aromatic rings. The third-order valence-electron chi connectivity index (χ3n) is 3.44. The van der Waals surface area contributed by atoms with Crippen LogP contribution < -0.4 is 11.5 Å². The highest BCUT2D eigenvalue weighted by molar-refractivity contribution is 5.88. The maximum atomic E-state index is 12.2. The van der Waals surface area contributed by atoms with Crippen LogP contribution in [-0.2, 0) is 11.2 Å². The molecular weight excluding hydrogens is 264 g/mol. The molecule has 0 saturated carbocycles. The monoisotopic (exact) mass is 292 g/mol. The SMILES string of the molecule is CCCCCc1ccnc(C(N)C(=O)C(N)CC(C)C)n1. The van der Waals surface area contributed by atoms with Crippen LogP contribution in [0.5, 0.6) is 0 Å². The standard InChI is InChI=1S/C16H28N4O/c1-4-5-6-7-12-8-9-19-16(20-12)14(18)15(21)13(17)10-11(2)3/h8-9,11,13-14H,4-7,10,17-18H2,1-3H3. The zero-order chi connectivity index (χ0) is 15.8. The van der Waals surface area contributed by atoms with Gasteiger partial charge in [0.2, 0.25) is 0 Å². The van der Waals surface area contributed by atoms with Crippen molar-refractivity contribution in [1.82, 2.24) is 9.97 Å². The molecule has 1 heterocycles. The Kier molecular flexibility index (Phi) is 7.47. The molecule has 2 atom stereocenters. The van der Waals surface area contributed by atoms with E-state index in [-0.39, 0.29) is 5.78 Å². The van der Waals surface area contributed by atoms with Crippen LogP contribution in [0.2, 0.25) is 0 Å². The molecule has 0 spiro atoms. The van der Waals surface area contributed by atoms with E-state index in [1.807, 2.05) is 19.9 Å². The second-order valence-electron chi connectivity index (χ2n) is 5.98. The molecule has 0 fully saturated rings. The molecule has 5 nitrogen and oxygen atoms in total. The molecule has 0 aliphatic carbocycles. The van der Waals surface area contributed by atoms with Gasteiger partial charge in [-0.25, -0.2) is 9.97 Å². The van der Waals surface area contributed by atoms with Crippen LogP contribution in [0, 0.1) is 5.92 Å². The Bertz CT molecular complexity index is 448. The highest BCUT2D eigenvalue weighted by Gasteiger charge is 2.25. The molecule has 0 saturated heterocycles. The summed E-state index contributed by atoms with van der Waals surface area (Å²) in [6.07, 6.45) is 6.61. The summed E-state index contributed by atoms with van der Waals surface area (Å²) in [6, 6.07) is 0.502. The zero-order valence-electron chi connectivity index (χ0n) is 13.4. The second-order valence-corrected chi connectivity index (χ2v) is 5.98. The lowest BCUT2D eigenvalue weighted by atomic mass is 9.97. The van der Waals surface area contributed by atoms with E-state index in [0.29, 0.717) is 18.2 Å². The molecule has 0 aromatic carbocycles. The molecular formula is C16H28N4O. The summed E-state index contributed by atoms with van der Waals surface area (Å²) in [5.74, 6) is 0.556. The van der Waals surface area contributed by atoms with Crippen LogP contribution in [0.4, 0.5) is 0 Å². The maximum Gasteiger partial charge on any atom is 0.173 e. The fourth-order valence-electron chi connectivity index (χ4n) is 2.24. The highest BCUT2D eigenvalue weighted by atomic mass is 16.1. The van der Waals surface area contributed by atoms with E-state index in [1.54, 1.807) is 6.20 Å². The topological polar surface area (TPSA) is 94.9 Å². The van der Waals surface area contributed by atoms with Gasteiger partial charge in [0, 0.05) is 11.9 Å². The van der Waals surface area contributed by atoms with Crippen LogP contribution in [0.3, 0.4) is 0 Å². The molecule has 118 valence electrons. The van der Waals surface area contributed by atoms with Crippen molar-refractivity contribution in [1.29, 1.82) is 0 Å². The van der Waals surface area contributed by atoms with Gasteiger partial charge in [-0.1, -0.05) is 33.6 Å². The normalized spacial score (nSPS) is 14.2. The molecule has 21 heavy (non-hydrogen) atoms. The summed E-state index contributed by atoms with van der Waals surface area (Å²) in [5.41, 5.74) is 12.8. The van der Waals surface area contributed by atoms with Crippen molar-refractivity contribution < 1.29 is 4.79 Å². The number of ketones is 1. The lowest BCUT2D eigenvalue weighted by Gasteiger charge is -2.17. The van der Waals surface area contributed by atoms with Crippen molar-refractivity contribution in [2.24, 2.45) is 17.4 Å². The first-order valence-electron chi connectivity index (χ1n) is 7.82.